The third-order valence-corrected chi connectivity index (χ3v) is 11.1. The zero-order valence-corrected chi connectivity index (χ0v) is 35.3. The van der Waals surface area contributed by atoms with Crippen molar-refractivity contribution >= 4 is 17.6 Å². The third-order valence-electron chi connectivity index (χ3n) is 11.1. The van der Waals surface area contributed by atoms with E-state index in [-0.39, 0.29) is 11.8 Å². The first kappa shape index (κ1) is 48.1. The van der Waals surface area contributed by atoms with Crippen LogP contribution in [-0.2, 0) is 16.0 Å². The summed E-state index contributed by atoms with van der Waals surface area (Å²) in [6, 6.07) is 17.4. The Labute approximate surface area is 326 Å². The van der Waals surface area contributed by atoms with Gasteiger partial charge in [-0.25, -0.2) is 0 Å². The van der Waals surface area contributed by atoms with Gasteiger partial charge in [-0.1, -0.05) is 154 Å². The van der Waals surface area contributed by atoms with Gasteiger partial charge in [-0.3, -0.25) is 14.4 Å². The fraction of sp³-hybridized carbons (Fsp3) is 0.688. The van der Waals surface area contributed by atoms with Crippen LogP contribution in [0.3, 0.4) is 0 Å². The van der Waals surface area contributed by atoms with E-state index in [1.54, 1.807) is 26.6 Å². The first-order valence-electron chi connectivity index (χ1n) is 21.9. The first-order valence-corrected chi connectivity index (χ1v) is 21.9. The predicted octanol–water partition coefficient (Wildman–Crippen LogP) is 13.1. The number of hydrogen-bond acceptors (Lipinski definition) is 3. The molecule has 2 aromatic carbocycles. The van der Waals surface area contributed by atoms with Gasteiger partial charge < -0.3 is 10.6 Å². The Balaban J connectivity index is 0.000000347. The van der Waals surface area contributed by atoms with Crippen LogP contribution in [0, 0.1) is 5.92 Å². The fourth-order valence-corrected chi connectivity index (χ4v) is 7.42. The molecule has 300 valence electrons. The van der Waals surface area contributed by atoms with Gasteiger partial charge in [0.05, 0.1) is 0 Å². The van der Waals surface area contributed by atoms with Crippen molar-refractivity contribution in [3.8, 4) is 0 Å². The molecule has 3 aliphatic rings. The zero-order valence-electron chi connectivity index (χ0n) is 35.3. The highest BCUT2D eigenvalue weighted by atomic mass is 16.2. The number of aryl methyl sites for hydroxylation is 1. The Bertz CT molecular complexity index is 1180. The molecular weight excluding hydrogens is 653 g/mol. The number of Topliss-reactive ketones (excluding diaryl/α,β-unsaturated/α-hetero) is 1. The highest BCUT2D eigenvalue weighted by molar-refractivity contribution is 5.93. The van der Waals surface area contributed by atoms with Gasteiger partial charge in [0.15, 0.2) is 0 Å². The number of ketones is 1. The van der Waals surface area contributed by atoms with Crippen LogP contribution >= 0.6 is 0 Å². The number of nitrogens with one attached hydrogen (secondary N) is 2. The molecule has 2 N–H and O–H groups in total. The van der Waals surface area contributed by atoms with E-state index in [1.165, 1.54) is 120 Å². The molecule has 5 nitrogen and oxygen atoms in total. The lowest BCUT2D eigenvalue weighted by atomic mass is 9.84. The second-order valence-corrected chi connectivity index (χ2v) is 15.4. The first-order chi connectivity index (χ1) is 25.7. The number of rotatable bonds is 11. The second kappa shape index (κ2) is 31.4. The molecule has 0 aliphatic heterocycles. The van der Waals surface area contributed by atoms with Crippen molar-refractivity contribution in [1.29, 1.82) is 0 Å². The van der Waals surface area contributed by atoms with Gasteiger partial charge >= 0.3 is 0 Å². The van der Waals surface area contributed by atoms with E-state index in [0.717, 1.165) is 43.6 Å². The molecule has 0 bridgehead atoms. The monoisotopic (exact) mass is 733 g/mol. The lowest BCUT2D eigenvalue weighted by molar-refractivity contribution is -0.122. The average molecular weight is 733 g/mol. The molecule has 0 atom stereocenters. The summed E-state index contributed by atoms with van der Waals surface area (Å²) in [5.74, 6) is 2.53. The summed E-state index contributed by atoms with van der Waals surface area (Å²) in [4.78, 5) is 32.6. The van der Waals surface area contributed by atoms with E-state index in [0.29, 0.717) is 24.0 Å². The summed E-state index contributed by atoms with van der Waals surface area (Å²) >= 11 is 0. The van der Waals surface area contributed by atoms with Crippen LogP contribution in [0.2, 0.25) is 0 Å². The quantitative estimate of drug-likeness (QED) is 0.226. The van der Waals surface area contributed by atoms with E-state index < -0.39 is 0 Å². The van der Waals surface area contributed by atoms with Crippen molar-refractivity contribution in [1.82, 2.24) is 10.6 Å². The molecule has 3 aliphatic carbocycles. The van der Waals surface area contributed by atoms with Crippen molar-refractivity contribution in [2.75, 3.05) is 14.1 Å². The Kier molecular flexibility index (Phi) is 28.5. The molecule has 0 spiro atoms. The number of carbonyl (C=O) groups is 3. The van der Waals surface area contributed by atoms with Gasteiger partial charge in [-0.15, -0.1) is 0 Å². The number of hydrogen-bond donors (Lipinski definition) is 2. The molecule has 0 unspecified atom stereocenters. The Hall–Kier alpha value is -2.95. The van der Waals surface area contributed by atoms with Crippen LogP contribution < -0.4 is 10.6 Å². The number of benzene rings is 2. The number of carbonyl (C=O) groups excluding carboxylic acids is 3. The normalized spacial score (nSPS) is 16.1. The maximum atomic E-state index is 11.4. The third kappa shape index (κ3) is 22.1. The van der Waals surface area contributed by atoms with Crippen LogP contribution in [0.5, 0.6) is 0 Å². The number of unbranched alkanes of at least 4 members (excludes halogenated alkanes) is 4. The maximum absolute atomic E-state index is 11.4. The summed E-state index contributed by atoms with van der Waals surface area (Å²) in [6.45, 7) is 10.5. The van der Waals surface area contributed by atoms with E-state index in [2.05, 4.69) is 74.7 Å². The van der Waals surface area contributed by atoms with Crippen LogP contribution in [0.4, 0.5) is 0 Å². The van der Waals surface area contributed by atoms with Gasteiger partial charge in [0, 0.05) is 32.0 Å². The van der Waals surface area contributed by atoms with E-state index in [4.69, 9.17) is 0 Å². The summed E-state index contributed by atoms with van der Waals surface area (Å²) in [5, 5.41) is 5.20. The van der Waals surface area contributed by atoms with Crippen molar-refractivity contribution in [3.05, 3.63) is 70.8 Å². The summed E-state index contributed by atoms with van der Waals surface area (Å²) < 4.78 is 0. The summed E-state index contributed by atoms with van der Waals surface area (Å²) in [7, 11) is 3.33. The molecule has 0 saturated heterocycles. The van der Waals surface area contributed by atoms with Gasteiger partial charge in [-0.05, 0) is 98.9 Å². The SMILES string of the molecule is CC(=O)C1CCCCC1.CCCCC(=O)NC.CCCCCC.CCc1ccc(C2CCCCC2)cc1.CNC(=O)c1ccc(C2CCCCC2)cc1. The van der Waals surface area contributed by atoms with Crippen LogP contribution in [0.1, 0.15) is 215 Å². The molecule has 5 heteroatoms. The molecule has 0 radical (unpaired) electrons. The lowest BCUT2D eigenvalue weighted by Crippen LogP contribution is -2.17. The molecule has 0 heterocycles. The highest BCUT2D eigenvalue weighted by Crippen LogP contribution is 2.33. The second-order valence-electron chi connectivity index (χ2n) is 15.4. The Morgan fingerprint density at radius 3 is 1.30 bits per heavy atom. The van der Waals surface area contributed by atoms with Crippen molar-refractivity contribution in [3.63, 3.8) is 0 Å². The number of amides is 2. The van der Waals surface area contributed by atoms with E-state index >= 15 is 0 Å². The minimum Gasteiger partial charge on any atom is -0.359 e. The minimum atomic E-state index is -0.00445. The topological polar surface area (TPSA) is 75.3 Å². The minimum absolute atomic E-state index is 0.00445. The van der Waals surface area contributed by atoms with Gasteiger partial charge in [0.25, 0.3) is 5.91 Å². The molecule has 5 rings (SSSR count). The molecule has 0 aromatic heterocycles. The van der Waals surface area contributed by atoms with Gasteiger partial charge in [-0.2, -0.15) is 0 Å². The molecule has 3 saturated carbocycles. The largest absolute Gasteiger partial charge is 0.359 e. The van der Waals surface area contributed by atoms with Crippen molar-refractivity contribution < 1.29 is 14.4 Å². The predicted molar refractivity (Wildman–Crippen MR) is 228 cm³/mol. The van der Waals surface area contributed by atoms with Crippen LogP contribution in [-0.4, -0.2) is 31.7 Å². The standard InChI is InChI=1S/C14H19NO.C14H20.C8H14O.C6H13NO.C6H14/c1-15-14(16)13-9-7-12(8-10-13)11-5-3-2-4-6-11;1-2-12-8-10-14(11-9-12)13-6-4-3-5-7-13;1-7(9)8-5-3-2-4-6-8;1-3-4-5-6(8)7-2;1-3-5-6-4-2/h7-11H,2-6H2,1H3,(H,15,16);8-11,13H,2-7H2,1H3;8H,2-6H2,1H3;3-5H2,1-2H3,(H,7,8);3-6H2,1-2H3. The van der Waals surface area contributed by atoms with Crippen molar-refractivity contribution in [2.45, 2.75) is 194 Å². The Morgan fingerprint density at radius 1 is 0.547 bits per heavy atom. The molecule has 2 aromatic rings. The van der Waals surface area contributed by atoms with Crippen molar-refractivity contribution in [2.24, 2.45) is 5.92 Å². The smallest absolute Gasteiger partial charge is 0.251 e. The van der Waals surface area contributed by atoms with Crippen LogP contribution in [0.25, 0.3) is 0 Å². The van der Waals surface area contributed by atoms with Crippen LogP contribution in [0.15, 0.2) is 48.5 Å². The zero-order chi connectivity index (χ0) is 39.1. The summed E-state index contributed by atoms with van der Waals surface area (Å²) in [6.07, 6.45) is 29.4. The molecule has 3 fully saturated rings. The maximum Gasteiger partial charge on any atom is 0.251 e. The lowest BCUT2D eigenvalue weighted by Gasteiger charge is -2.22. The fourth-order valence-electron chi connectivity index (χ4n) is 7.42. The molecule has 53 heavy (non-hydrogen) atoms. The van der Waals surface area contributed by atoms with Gasteiger partial charge in [0.1, 0.15) is 5.78 Å². The van der Waals surface area contributed by atoms with E-state index in [9.17, 15) is 14.4 Å². The summed E-state index contributed by atoms with van der Waals surface area (Å²) in [5.41, 5.74) is 5.18. The Morgan fingerprint density at radius 2 is 0.962 bits per heavy atom. The molecular formula is C48H80N2O3. The van der Waals surface area contributed by atoms with E-state index in [1.807, 2.05) is 12.1 Å². The highest BCUT2D eigenvalue weighted by Gasteiger charge is 2.17. The molecule has 2 amide bonds. The average Bonchev–Trinajstić information content (AvgIpc) is 3.23. The van der Waals surface area contributed by atoms with Gasteiger partial charge in [0.2, 0.25) is 5.91 Å².